The van der Waals surface area contributed by atoms with Crippen molar-refractivity contribution in [3.05, 3.63) is 258 Å². The molecule has 0 unspecified atom stereocenters. The number of fused-ring (bicyclic) bond motifs is 2. The van der Waals surface area contributed by atoms with Gasteiger partial charge in [-0.2, -0.15) is 0 Å². The Morgan fingerprint density at radius 1 is 0.476 bits per heavy atom. The maximum absolute atomic E-state index is 9.12. The lowest BCUT2D eigenvalue weighted by atomic mass is 9.76. The minimum atomic E-state index is -0.385. The number of allylic oxidation sites excluding steroid dienone is 1. The van der Waals surface area contributed by atoms with Crippen LogP contribution < -0.4 is 10.2 Å². The molecule has 4 heteroatoms. The third kappa shape index (κ3) is 9.31. The maximum Gasteiger partial charge on any atom is 0.220 e. The molecule has 0 amide bonds. The highest BCUT2D eigenvalue weighted by Crippen LogP contribution is 2.39. The molecule has 0 fully saturated rings. The van der Waals surface area contributed by atoms with Crippen LogP contribution in [0.2, 0.25) is 0 Å². The Balaban J connectivity index is 1.02. The molecular weight excluding hydrogens is 765 g/mol. The van der Waals surface area contributed by atoms with Gasteiger partial charge in [0.2, 0.25) is 5.96 Å². The summed E-state index contributed by atoms with van der Waals surface area (Å²) in [5.74, 6) is 0.0569. The molecule has 9 rings (SSSR count). The maximum atomic E-state index is 9.12. The van der Waals surface area contributed by atoms with Crippen LogP contribution in [-0.2, 0) is 5.41 Å². The van der Waals surface area contributed by atoms with Crippen molar-refractivity contribution in [1.82, 2.24) is 0 Å². The highest BCUT2D eigenvalue weighted by molar-refractivity contribution is 6.16. The number of aliphatic imine (C=N–C) groups is 1. The summed E-state index contributed by atoms with van der Waals surface area (Å²) in [6.07, 6.45) is 8.34. The Morgan fingerprint density at radius 2 is 0.968 bits per heavy atom. The van der Waals surface area contributed by atoms with Crippen LogP contribution >= 0.6 is 0 Å². The van der Waals surface area contributed by atoms with Gasteiger partial charge in [-0.05, 0) is 104 Å². The molecule has 9 aromatic carbocycles. The highest BCUT2D eigenvalue weighted by atomic mass is 15.1. The second kappa shape index (κ2) is 18.3. The van der Waals surface area contributed by atoms with Crippen LogP contribution in [0, 0.1) is 5.41 Å². The van der Waals surface area contributed by atoms with Crippen LogP contribution in [0.25, 0.3) is 39.8 Å². The first-order valence-electron chi connectivity index (χ1n) is 21.4. The lowest BCUT2D eigenvalue weighted by Crippen LogP contribution is -2.22. The van der Waals surface area contributed by atoms with E-state index in [1.807, 2.05) is 66.7 Å². The summed E-state index contributed by atoms with van der Waals surface area (Å²) in [5.41, 5.74) is 10.8. The Labute approximate surface area is 370 Å². The SMILES string of the molecule is CC(C)(c1ccccc1)c1cc(/C=C/c2ccc(N(c3ccc4ccccc4c3)c3ccc4ccccc4c3)cc2)ccc1NC(=N)/N=C(\C=C\c1ccccc1)c1ccccc1. The van der Waals surface area contributed by atoms with Gasteiger partial charge in [0.05, 0.1) is 5.71 Å². The molecule has 0 aromatic heterocycles. The summed E-state index contributed by atoms with van der Waals surface area (Å²) in [7, 11) is 0. The van der Waals surface area contributed by atoms with Crippen LogP contribution in [0.4, 0.5) is 22.7 Å². The molecule has 0 saturated heterocycles. The fraction of sp³-hybridized carbons (Fsp3) is 0.0508. The normalized spacial score (nSPS) is 12.0. The zero-order chi connectivity index (χ0) is 43.0. The van der Waals surface area contributed by atoms with E-state index >= 15 is 0 Å². The van der Waals surface area contributed by atoms with Crippen molar-refractivity contribution in [2.75, 3.05) is 10.2 Å². The first-order valence-corrected chi connectivity index (χ1v) is 21.4. The van der Waals surface area contributed by atoms with Crippen LogP contribution in [0.3, 0.4) is 0 Å². The van der Waals surface area contributed by atoms with Crippen molar-refractivity contribution in [2.24, 2.45) is 4.99 Å². The Hall–Kier alpha value is -8.08. The van der Waals surface area contributed by atoms with E-state index < -0.39 is 0 Å². The first-order chi connectivity index (χ1) is 30.9. The van der Waals surface area contributed by atoms with Gasteiger partial charge in [0, 0.05) is 33.7 Å². The smallest absolute Gasteiger partial charge is 0.220 e. The van der Waals surface area contributed by atoms with Crippen molar-refractivity contribution in [3.63, 3.8) is 0 Å². The lowest BCUT2D eigenvalue weighted by Gasteiger charge is -2.29. The quantitative estimate of drug-likeness (QED) is 0.0776. The molecule has 304 valence electrons. The lowest BCUT2D eigenvalue weighted by molar-refractivity contribution is 0.643. The van der Waals surface area contributed by atoms with Gasteiger partial charge in [-0.3, -0.25) is 5.41 Å². The number of anilines is 4. The fourth-order valence-electron chi connectivity index (χ4n) is 8.13. The molecular formula is C59H48N4. The van der Waals surface area contributed by atoms with Crippen molar-refractivity contribution >= 4 is 74.2 Å². The second-order valence-corrected chi connectivity index (χ2v) is 16.2. The van der Waals surface area contributed by atoms with Crippen molar-refractivity contribution in [2.45, 2.75) is 19.3 Å². The number of hydrogen-bond acceptors (Lipinski definition) is 2. The van der Waals surface area contributed by atoms with Gasteiger partial charge in [-0.1, -0.05) is 202 Å². The second-order valence-electron chi connectivity index (χ2n) is 16.2. The minimum Gasteiger partial charge on any atom is -0.324 e. The summed E-state index contributed by atoms with van der Waals surface area (Å²) in [4.78, 5) is 7.15. The molecule has 0 atom stereocenters. The monoisotopic (exact) mass is 812 g/mol. The van der Waals surface area contributed by atoms with Gasteiger partial charge in [-0.25, -0.2) is 4.99 Å². The molecule has 4 nitrogen and oxygen atoms in total. The standard InChI is InChI=1S/C59H48N4/c1-59(2,51-24-10-5-11-25-51)55-40-45(31-39-57(55)62-58(60)61-56(48-20-8-4-9-21-48)38-30-43-16-6-3-7-17-43)27-26-44-28-34-52(35-29-44)63(53-36-32-46-18-12-14-22-49(46)41-53)54-37-33-47-19-13-15-23-50(47)42-54/h3-42H,1-2H3,(H2,60,62)/b27-26+,38-30+,61-56+. The molecule has 0 spiro atoms. The number of nitrogens with one attached hydrogen (secondary N) is 2. The molecule has 0 aliphatic rings. The molecule has 0 bridgehead atoms. The van der Waals surface area contributed by atoms with E-state index in [-0.39, 0.29) is 11.4 Å². The Morgan fingerprint density at radius 3 is 1.59 bits per heavy atom. The van der Waals surface area contributed by atoms with Gasteiger partial charge in [0.25, 0.3) is 0 Å². The van der Waals surface area contributed by atoms with E-state index in [1.54, 1.807) is 0 Å². The van der Waals surface area contributed by atoms with Crippen LogP contribution in [0.1, 0.15) is 47.2 Å². The summed E-state index contributed by atoms with van der Waals surface area (Å²) in [6.45, 7) is 4.47. The predicted molar refractivity (Wildman–Crippen MR) is 270 cm³/mol. The zero-order valence-corrected chi connectivity index (χ0v) is 35.5. The van der Waals surface area contributed by atoms with Crippen molar-refractivity contribution in [1.29, 1.82) is 5.41 Å². The number of hydrogen-bond donors (Lipinski definition) is 2. The molecule has 9 aromatic rings. The van der Waals surface area contributed by atoms with E-state index in [0.29, 0.717) is 5.71 Å². The van der Waals surface area contributed by atoms with Crippen LogP contribution in [-0.4, -0.2) is 11.7 Å². The van der Waals surface area contributed by atoms with Gasteiger partial charge >= 0.3 is 0 Å². The molecule has 0 aliphatic heterocycles. The number of guanidine groups is 1. The van der Waals surface area contributed by atoms with E-state index in [0.717, 1.165) is 50.6 Å². The Kier molecular flexibility index (Phi) is 11.7. The van der Waals surface area contributed by atoms with E-state index in [9.17, 15) is 0 Å². The molecule has 0 aliphatic carbocycles. The molecule has 63 heavy (non-hydrogen) atoms. The molecule has 0 heterocycles. The molecule has 2 N–H and O–H groups in total. The summed E-state index contributed by atoms with van der Waals surface area (Å²) >= 11 is 0. The highest BCUT2D eigenvalue weighted by Gasteiger charge is 2.26. The average molecular weight is 813 g/mol. The van der Waals surface area contributed by atoms with Gasteiger partial charge in [-0.15, -0.1) is 0 Å². The largest absolute Gasteiger partial charge is 0.324 e. The molecule has 0 saturated carbocycles. The number of nitrogens with zero attached hydrogens (tertiary/aromatic N) is 2. The van der Waals surface area contributed by atoms with Crippen molar-refractivity contribution in [3.8, 4) is 0 Å². The topological polar surface area (TPSA) is 51.5 Å². The summed E-state index contributed by atoms with van der Waals surface area (Å²) < 4.78 is 0. The third-order valence-corrected chi connectivity index (χ3v) is 11.6. The van der Waals surface area contributed by atoms with Crippen LogP contribution in [0.5, 0.6) is 0 Å². The average Bonchev–Trinajstić information content (AvgIpc) is 3.33. The minimum absolute atomic E-state index is 0.0569. The Bertz CT molecular complexity index is 3030. The van der Waals surface area contributed by atoms with Crippen LogP contribution in [0.15, 0.2) is 229 Å². The van der Waals surface area contributed by atoms with E-state index in [4.69, 9.17) is 10.4 Å². The van der Waals surface area contributed by atoms with E-state index in [2.05, 4.69) is 200 Å². The van der Waals surface area contributed by atoms with E-state index in [1.165, 1.54) is 27.1 Å². The summed E-state index contributed by atoms with van der Waals surface area (Å²) in [6, 6.07) is 76.2. The molecule has 0 radical (unpaired) electrons. The van der Waals surface area contributed by atoms with Gasteiger partial charge in [0.1, 0.15) is 0 Å². The van der Waals surface area contributed by atoms with Crippen molar-refractivity contribution < 1.29 is 0 Å². The third-order valence-electron chi connectivity index (χ3n) is 11.6. The fourth-order valence-corrected chi connectivity index (χ4v) is 8.13. The first kappa shape index (κ1) is 40.3. The van der Waals surface area contributed by atoms with Gasteiger partial charge < -0.3 is 10.2 Å². The number of rotatable bonds is 11. The van der Waals surface area contributed by atoms with Gasteiger partial charge in [0.15, 0.2) is 0 Å². The summed E-state index contributed by atoms with van der Waals surface area (Å²) in [5, 5.41) is 17.3. The number of benzene rings is 9. The zero-order valence-electron chi connectivity index (χ0n) is 35.5. The predicted octanol–water partition coefficient (Wildman–Crippen LogP) is 15.5.